The van der Waals surface area contributed by atoms with Crippen molar-refractivity contribution in [3.63, 3.8) is 0 Å². The number of carbonyl (C=O) groups excluding carboxylic acids is 2. The second-order valence-electron chi connectivity index (χ2n) is 4.45. The molecule has 6 nitrogen and oxygen atoms in total. The number of hydrogen-bond donors (Lipinski definition) is 2. The van der Waals surface area contributed by atoms with Crippen LogP contribution in [-0.2, 0) is 14.3 Å². The van der Waals surface area contributed by atoms with Crippen LogP contribution < -0.4 is 5.32 Å². The summed E-state index contributed by atoms with van der Waals surface area (Å²) in [5.41, 5.74) is 0.440. The van der Waals surface area contributed by atoms with Crippen LogP contribution in [0.25, 0.3) is 0 Å². The molecule has 1 amide bonds. The maximum absolute atomic E-state index is 12.0. The third-order valence-electron chi connectivity index (χ3n) is 2.95. The van der Waals surface area contributed by atoms with E-state index in [1.54, 1.807) is 30.3 Å². The van der Waals surface area contributed by atoms with E-state index >= 15 is 0 Å². The number of aliphatic hydroxyl groups excluding tert-OH is 1. The van der Waals surface area contributed by atoms with Crippen LogP contribution in [0.15, 0.2) is 30.3 Å². The molecule has 0 bridgehead atoms. The summed E-state index contributed by atoms with van der Waals surface area (Å²) in [4.78, 5) is 23.6. The number of aliphatic hydroxyl groups is 1. The van der Waals surface area contributed by atoms with Gasteiger partial charge < -0.3 is 15.2 Å². The molecule has 0 spiro atoms. The van der Waals surface area contributed by atoms with Crippen molar-refractivity contribution < 1.29 is 19.4 Å². The van der Waals surface area contributed by atoms with Gasteiger partial charge in [-0.1, -0.05) is 30.3 Å². The third-order valence-corrected chi connectivity index (χ3v) is 2.95. The standard InChI is InChI=1S/C15H18N2O4/c1-21-15(20)12(9-5-6-10-16)17-14(19)13(18)11-7-3-2-4-8-11/h2-4,7-8,12-13,18H,5-6,9H2,1H3,(H,17,19)/t12-,13-/m0/s1. The van der Waals surface area contributed by atoms with E-state index in [0.717, 1.165) is 0 Å². The topological polar surface area (TPSA) is 99.4 Å². The van der Waals surface area contributed by atoms with E-state index in [9.17, 15) is 14.7 Å². The largest absolute Gasteiger partial charge is 0.467 e. The number of hydrogen-bond acceptors (Lipinski definition) is 5. The lowest BCUT2D eigenvalue weighted by Crippen LogP contribution is -2.43. The maximum atomic E-state index is 12.0. The number of nitriles is 1. The molecule has 1 aromatic rings. The lowest BCUT2D eigenvalue weighted by atomic mass is 10.1. The van der Waals surface area contributed by atoms with Gasteiger partial charge in [0.15, 0.2) is 6.10 Å². The van der Waals surface area contributed by atoms with E-state index in [0.29, 0.717) is 12.0 Å². The molecule has 0 saturated carbocycles. The first-order chi connectivity index (χ1) is 10.1. The predicted molar refractivity (Wildman–Crippen MR) is 74.8 cm³/mol. The van der Waals surface area contributed by atoms with Crippen molar-refractivity contribution in [2.45, 2.75) is 31.4 Å². The van der Waals surface area contributed by atoms with Gasteiger partial charge in [-0.25, -0.2) is 4.79 Å². The number of unbranched alkanes of at least 4 members (excludes halogenated alkanes) is 1. The summed E-state index contributed by atoms with van der Waals surface area (Å²) in [6, 6.07) is 9.52. The summed E-state index contributed by atoms with van der Waals surface area (Å²) in [6.07, 6.45) is -0.329. The number of benzene rings is 1. The SMILES string of the molecule is COC(=O)[C@H](CCCC#N)NC(=O)[C@@H](O)c1ccccc1. The lowest BCUT2D eigenvalue weighted by Gasteiger charge is -2.18. The van der Waals surface area contributed by atoms with Crippen LogP contribution in [0, 0.1) is 11.3 Å². The molecule has 1 aromatic carbocycles. The molecule has 0 heterocycles. The Morgan fingerprint density at radius 2 is 2.05 bits per heavy atom. The van der Waals surface area contributed by atoms with Gasteiger partial charge in [0.1, 0.15) is 6.04 Å². The highest BCUT2D eigenvalue weighted by Gasteiger charge is 2.25. The van der Waals surface area contributed by atoms with Crippen LogP contribution in [0.3, 0.4) is 0 Å². The molecule has 0 aliphatic carbocycles. The van der Waals surface area contributed by atoms with Gasteiger partial charge in [0.05, 0.1) is 13.2 Å². The van der Waals surface area contributed by atoms with E-state index in [2.05, 4.69) is 10.1 Å². The fourth-order valence-electron chi connectivity index (χ4n) is 1.81. The molecule has 6 heteroatoms. The molecule has 1 rings (SSSR count). The number of rotatable bonds is 7. The molecule has 0 saturated heterocycles. The predicted octanol–water partition coefficient (Wildman–Crippen LogP) is 1.07. The Balaban J connectivity index is 2.67. The molecule has 0 aliphatic rings. The fraction of sp³-hybridized carbons (Fsp3) is 0.400. The van der Waals surface area contributed by atoms with Crippen LogP contribution in [0.4, 0.5) is 0 Å². The van der Waals surface area contributed by atoms with Crippen molar-refractivity contribution in [3.05, 3.63) is 35.9 Å². The number of amides is 1. The Labute approximate surface area is 123 Å². The molecule has 0 aliphatic heterocycles. The van der Waals surface area contributed by atoms with Crippen molar-refractivity contribution in [2.24, 2.45) is 0 Å². The molecule has 112 valence electrons. The van der Waals surface area contributed by atoms with Gasteiger partial charge >= 0.3 is 5.97 Å². The smallest absolute Gasteiger partial charge is 0.328 e. The highest BCUT2D eigenvalue weighted by Crippen LogP contribution is 2.13. The van der Waals surface area contributed by atoms with Crippen LogP contribution in [-0.4, -0.2) is 30.1 Å². The molecule has 2 N–H and O–H groups in total. The molecule has 2 atom stereocenters. The molecule has 0 aromatic heterocycles. The van der Waals surface area contributed by atoms with Crippen molar-refractivity contribution in [1.82, 2.24) is 5.32 Å². The van der Waals surface area contributed by atoms with Crippen LogP contribution in [0.1, 0.15) is 30.9 Å². The Bertz CT molecular complexity index is 510. The van der Waals surface area contributed by atoms with Crippen LogP contribution in [0.5, 0.6) is 0 Å². The van der Waals surface area contributed by atoms with Crippen molar-refractivity contribution in [1.29, 1.82) is 5.26 Å². The Kier molecular flexibility index (Phi) is 6.92. The molecule has 21 heavy (non-hydrogen) atoms. The van der Waals surface area contributed by atoms with Gasteiger partial charge in [-0.05, 0) is 18.4 Å². The van der Waals surface area contributed by atoms with E-state index in [4.69, 9.17) is 5.26 Å². The fourth-order valence-corrected chi connectivity index (χ4v) is 1.81. The number of methoxy groups -OCH3 is 1. The zero-order valence-electron chi connectivity index (χ0n) is 11.8. The zero-order chi connectivity index (χ0) is 15.7. The van der Waals surface area contributed by atoms with Gasteiger partial charge in [-0.3, -0.25) is 4.79 Å². The highest BCUT2D eigenvalue weighted by molar-refractivity contribution is 5.87. The van der Waals surface area contributed by atoms with Crippen LogP contribution in [0.2, 0.25) is 0 Å². The van der Waals surface area contributed by atoms with Crippen molar-refractivity contribution in [3.8, 4) is 6.07 Å². The summed E-state index contributed by atoms with van der Waals surface area (Å²) < 4.78 is 4.61. The summed E-state index contributed by atoms with van der Waals surface area (Å²) in [6.45, 7) is 0. The van der Waals surface area contributed by atoms with Crippen molar-refractivity contribution in [2.75, 3.05) is 7.11 Å². The first-order valence-corrected chi connectivity index (χ1v) is 6.58. The normalized spacial score (nSPS) is 12.8. The Morgan fingerprint density at radius 1 is 1.38 bits per heavy atom. The van der Waals surface area contributed by atoms with Crippen molar-refractivity contribution >= 4 is 11.9 Å². The number of nitrogens with zero attached hydrogens (tertiary/aromatic N) is 1. The van der Waals surface area contributed by atoms with E-state index in [-0.39, 0.29) is 12.8 Å². The Morgan fingerprint density at radius 3 is 2.62 bits per heavy atom. The van der Waals surface area contributed by atoms with E-state index < -0.39 is 24.0 Å². The second kappa shape index (κ2) is 8.72. The monoisotopic (exact) mass is 290 g/mol. The second-order valence-corrected chi connectivity index (χ2v) is 4.45. The number of esters is 1. The minimum atomic E-state index is -1.35. The van der Waals surface area contributed by atoms with Gasteiger partial charge in [-0.15, -0.1) is 0 Å². The lowest BCUT2D eigenvalue weighted by molar-refractivity contribution is -0.146. The molecular formula is C15H18N2O4. The summed E-state index contributed by atoms with van der Waals surface area (Å²) in [5, 5.41) is 20.9. The minimum absolute atomic E-state index is 0.282. The number of nitrogens with one attached hydrogen (secondary N) is 1. The minimum Gasteiger partial charge on any atom is -0.467 e. The van der Waals surface area contributed by atoms with E-state index in [1.807, 2.05) is 6.07 Å². The average molecular weight is 290 g/mol. The van der Waals surface area contributed by atoms with Crippen LogP contribution >= 0.6 is 0 Å². The molecule has 0 unspecified atom stereocenters. The molecular weight excluding hydrogens is 272 g/mol. The van der Waals surface area contributed by atoms with Gasteiger partial charge in [0.2, 0.25) is 0 Å². The first-order valence-electron chi connectivity index (χ1n) is 6.58. The first kappa shape index (κ1) is 16.7. The zero-order valence-corrected chi connectivity index (χ0v) is 11.8. The van der Waals surface area contributed by atoms with Gasteiger partial charge in [-0.2, -0.15) is 5.26 Å². The summed E-state index contributed by atoms with van der Waals surface area (Å²) in [5.74, 6) is -1.27. The highest BCUT2D eigenvalue weighted by atomic mass is 16.5. The molecule has 0 fully saturated rings. The quantitative estimate of drug-likeness (QED) is 0.578. The van der Waals surface area contributed by atoms with E-state index in [1.165, 1.54) is 7.11 Å². The Hall–Kier alpha value is -2.39. The summed E-state index contributed by atoms with van der Waals surface area (Å²) >= 11 is 0. The van der Waals surface area contributed by atoms with Gasteiger partial charge in [0, 0.05) is 6.42 Å². The molecule has 0 radical (unpaired) electrons. The summed E-state index contributed by atoms with van der Waals surface area (Å²) in [7, 11) is 1.22. The average Bonchev–Trinajstić information content (AvgIpc) is 2.53. The van der Waals surface area contributed by atoms with Gasteiger partial charge in [0.25, 0.3) is 5.91 Å². The number of carbonyl (C=O) groups is 2. The third kappa shape index (κ3) is 5.24. The number of ether oxygens (including phenoxy) is 1. The maximum Gasteiger partial charge on any atom is 0.328 e.